The highest BCUT2D eigenvalue weighted by atomic mass is 16.6. The van der Waals surface area contributed by atoms with Crippen LogP contribution in [0.15, 0.2) is 24.3 Å². The maximum absolute atomic E-state index is 11.2. The number of rotatable bonds is 5. The second kappa shape index (κ2) is 5.34. The average Bonchev–Trinajstić information content (AvgIpc) is 2.28. The molecular weight excluding hydrogens is 214 g/mol. The van der Waals surface area contributed by atoms with Crippen LogP contribution < -0.4 is 0 Å². The number of aliphatic hydroxyl groups excluding tert-OH is 2. The number of ketones is 1. The molecule has 0 radical (unpaired) electrons. The summed E-state index contributed by atoms with van der Waals surface area (Å²) in [7, 11) is 0. The van der Waals surface area contributed by atoms with E-state index in [2.05, 4.69) is 0 Å². The van der Waals surface area contributed by atoms with E-state index in [4.69, 9.17) is 10.2 Å². The van der Waals surface area contributed by atoms with E-state index in [9.17, 15) is 14.9 Å². The van der Waals surface area contributed by atoms with E-state index >= 15 is 0 Å². The molecule has 0 amide bonds. The molecule has 0 aliphatic heterocycles. The molecule has 0 saturated heterocycles. The summed E-state index contributed by atoms with van der Waals surface area (Å²) in [6.45, 7) is -0.619. The predicted molar refractivity (Wildman–Crippen MR) is 54.9 cm³/mol. The third-order valence-corrected chi connectivity index (χ3v) is 2.07. The third-order valence-electron chi connectivity index (χ3n) is 2.07. The Balaban J connectivity index is 2.69. The maximum Gasteiger partial charge on any atom is 0.269 e. The monoisotopic (exact) mass is 225 g/mol. The Labute approximate surface area is 91.3 Å². The molecule has 0 bridgehead atoms. The molecule has 1 atom stereocenters. The topological polar surface area (TPSA) is 101 Å². The zero-order chi connectivity index (χ0) is 12.1. The van der Waals surface area contributed by atoms with Gasteiger partial charge in [-0.05, 0) is 5.56 Å². The molecule has 16 heavy (non-hydrogen) atoms. The average molecular weight is 225 g/mol. The number of benzene rings is 1. The molecule has 0 fully saturated rings. The molecule has 0 aliphatic rings. The van der Waals surface area contributed by atoms with E-state index in [1.807, 2.05) is 0 Å². The van der Waals surface area contributed by atoms with Gasteiger partial charge in [-0.25, -0.2) is 0 Å². The minimum Gasteiger partial charge on any atom is -0.393 e. The summed E-state index contributed by atoms with van der Waals surface area (Å²) in [5, 5.41) is 27.9. The third kappa shape index (κ3) is 3.11. The fourth-order valence-corrected chi connectivity index (χ4v) is 1.16. The van der Waals surface area contributed by atoms with Gasteiger partial charge >= 0.3 is 0 Å². The molecule has 2 N–H and O–H groups in total. The number of aliphatic hydroxyl groups is 2. The van der Waals surface area contributed by atoms with Gasteiger partial charge in [0.05, 0.1) is 11.5 Å². The highest BCUT2D eigenvalue weighted by Gasteiger charge is 2.14. The van der Waals surface area contributed by atoms with Crippen molar-refractivity contribution in [2.24, 2.45) is 0 Å². The largest absolute Gasteiger partial charge is 0.393 e. The van der Waals surface area contributed by atoms with E-state index in [0.717, 1.165) is 0 Å². The van der Waals surface area contributed by atoms with Crippen LogP contribution in [0.4, 0.5) is 5.69 Å². The van der Waals surface area contributed by atoms with Crippen LogP contribution in [0.1, 0.15) is 5.56 Å². The molecule has 6 nitrogen and oxygen atoms in total. The highest BCUT2D eigenvalue weighted by Crippen LogP contribution is 2.12. The number of nitrogens with zero attached hydrogens (tertiary/aromatic N) is 1. The first-order chi connectivity index (χ1) is 7.54. The molecule has 0 spiro atoms. The highest BCUT2D eigenvalue weighted by molar-refractivity contribution is 5.85. The first-order valence-corrected chi connectivity index (χ1v) is 4.59. The summed E-state index contributed by atoms with van der Waals surface area (Å²) in [5.74, 6) is -0.517. The van der Waals surface area contributed by atoms with Gasteiger partial charge < -0.3 is 10.2 Å². The first-order valence-electron chi connectivity index (χ1n) is 4.59. The van der Waals surface area contributed by atoms with E-state index in [0.29, 0.717) is 5.56 Å². The molecule has 0 saturated carbocycles. The Hall–Kier alpha value is -1.79. The van der Waals surface area contributed by atoms with Crippen LogP contribution in [0, 0.1) is 10.1 Å². The molecule has 6 heteroatoms. The van der Waals surface area contributed by atoms with Crippen LogP contribution in [0.5, 0.6) is 0 Å². The molecule has 1 rings (SSSR count). The minimum atomic E-state index is -1.39. The van der Waals surface area contributed by atoms with Gasteiger partial charge in [0, 0.05) is 18.6 Å². The second-order valence-corrected chi connectivity index (χ2v) is 3.27. The molecule has 1 aromatic rings. The summed E-state index contributed by atoms with van der Waals surface area (Å²) in [4.78, 5) is 21.0. The zero-order valence-electron chi connectivity index (χ0n) is 8.37. The van der Waals surface area contributed by atoms with Crippen molar-refractivity contribution in [1.29, 1.82) is 0 Å². The van der Waals surface area contributed by atoms with Crippen molar-refractivity contribution in [2.75, 3.05) is 6.61 Å². The summed E-state index contributed by atoms with van der Waals surface area (Å²) in [6, 6.07) is 5.46. The van der Waals surface area contributed by atoms with Crippen LogP contribution in [-0.4, -0.2) is 33.6 Å². The number of carbonyl (C=O) groups excluding carboxylic acids is 1. The van der Waals surface area contributed by atoms with Gasteiger partial charge in [-0.2, -0.15) is 0 Å². The van der Waals surface area contributed by atoms with Crippen LogP contribution in [-0.2, 0) is 11.2 Å². The molecule has 86 valence electrons. The number of nitro benzene ring substituents is 1. The van der Waals surface area contributed by atoms with Crippen molar-refractivity contribution in [1.82, 2.24) is 0 Å². The van der Waals surface area contributed by atoms with Gasteiger partial charge in [0.2, 0.25) is 0 Å². The molecule has 0 heterocycles. The Bertz CT molecular complexity index is 387. The lowest BCUT2D eigenvalue weighted by Gasteiger charge is -2.05. The summed E-state index contributed by atoms with van der Waals surface area (Å²) < 4.78 is 0. The van der Waals surface area contributed by atoms with Crippen molar-refractivity contribution in [2.45, 2.75) is 12.5 Å². The van der Waals surface area contributed by atoms with Crippen molar-refractivity contribution in [3.05, 3.63) is 39.9 Å². The van der Waals surface area contributed by atoms with Gasteiger partial charge in [-0.1, -0.05) is 12.1 Å². The standard InChI is InChI=1S/C10H11NO5/c12-6-10(14)9(13)5-7-1-3-8(4-2-7)11(15)16/h1-4,10,12,14H,5-6H2. The fraction of sp³-hybridized carbons (Fsp3) is 0.300. The SMILES string of the molecule is O=C(Cc1ccc([N+](=O)[O-])cc1)C(O)CO. The molecular formula is C10H11NO5. The smallest absolute Gasteiger partial charge is 0.269 e. The van der Waals surface area contributed by atoms with E-state index < -0.39 is 23.4 Å². The van der Waals surface area contributed by atoms with Crippen molar-refractivity contribution in [3.63, 3.8) is 0 Å². The summed E-state index contributed by atoms with van der Waals surface area (Å²) >= 11 is 0. The Kier molecular flexibility index (Phi) is 4.10. The van der Waals surface area contributed by atoms with Gasteiger partial charge in [0.1, 0.15) is 6.10 Å². The van der Waals surface area contributed by atoms with E-state index in [-0.39, 0.29) is 12.1 Å². The summed E-state index contributed by atoms with van der Waals surface area (Å²) in [6.07, 6.45) is -1.45. The second-order valence-electron chi connectivity index (χ2n) is 3.27. The van der Waals surface area contributed by atoms with Crippen molar-refractivity contribution >= 4 is 11.5 Å². The quantitative estimate of drug-likeness (QED) is 0.545. The predicted octanol–water partition coefficient (Wildman–Crippen LogP) is 0.0596. The van der Waals surface area contributed by atoms with Crippen LogP contribution in [0.25, 0.3) is 0 Å². The van der Waals surface area contributed by atoms with E-state index in [1.165, 1.54) is 24.3 Å². The van der Waals surface area contributed by atoms with Crippen LogP contribution >= 0.6 is 0 Å². The number of non-ortho nitro benzene ring substituents is 1. The lowest BCUT2D eigenvalue weighted by Crippen LogP contribution is -2.25. The molecule has 0 aliphatic carbocycles. The number of nitro groups is 1. The maximum atomic E-state index is 11.2. The van der Waals surface area contributed by atoms with Gasteiger partial charge in [0.15, 0.2) is 5.78 Å². The lowest BCUT2D eigenvalue weighted by atomic mass is 10.1. The minimum absolute atomic E-state index is 0.0558. The van der Waals surface area contributed by atoms with Gasteiger partial charge in [-0.3, -0.25) is 14.9 Å². The van der Waals surface area contributed by atoms with Gasteiger partial charge in [0.25, 0.3) is 5.69 Å². The Morgan fingerprint density at radius 3 is 2.38 bits per heavy atom. The fourth-order valence-electron chi connectivity index (χ4n) is 1.16. The zero-order valence-corrected chi connectivity index (χ0v) is 8.37. The van der Waals surface area contributed by atoms with Crippen molar-refractivity contribution in [3.8, 4) is 0 Å². The normalized spacial score (nSPS) is 12.1. The van der Waals surface area contributed by atoms with Gasteiger partial charge in [-0.15, -0.1) is 0 Å². The molecule has 1 aromatic carbocycles. The number of hydrogen-bond acceptors (Lipinski definition) is 5. The Morgan fingerprint density at radius 1 is 1.38 bits per heavy atom. The summed E-state index contributed by atoms with van der Waals surface area (Å²) in [5.41, 5.74) is 0.502. The lowest BCUT2D eigenvalue weighted by molar-refractivity contribution is -0.384. The van der Waals surface area contributed by atoms with Crippen LogP contribution in [0.3, 0.4) is 0 Å². The Morgan fingerprint density at radius 2 is 1.94 bits per heavy atom. The number of hydrogen-bond donors (Lipinski definition) is 2. The number of carbonyl (C=O) groups is 1. The molecule has 1 unspecified atom stereocenters. The van der Waals surface area contributed by atoms with E-state index in [1.54, 1.807) is 0 Å². The van der Waals surface area contributed by atoms with Crippen LogP contribution in [0.2, 0.25) is 0 Å². The number of Topliss-reactive ketones (excluding diaryl/α,β-unsaturated/α-hetero) is 1. The molecule has 0 aromatic heterocycles. The first kappa shape index (κ1) is 12.3. The van der Waals surface area contributed by atoms with Crippen molar-refractivity contribution < 1.29 is 19.9 Å².